The first-order valence-electron chi connectivity index (χ1n) is 15.5. The van der Waals surface area contributed by atoms with Gasteiger partial charge in [0.2, 0.25) is 17.1 Å². The molecule has 2 amide bonds. The lowest BCUT2D eigenvalue weighted by Crippen LogP contribution is -2.41. The monoisotopic (exact) mass is 645 g/mol. The summed E-state index contributed by atoms with van der Waals surface area (Å²) in [4.78, 5) is 40.4. The largest absolute Gasteiger partial charge is 0.447 e. The number of aryl methyl sites for hydroxylation is 1. The number of hydrogen-bond acceptors (Lipinski definition) is 11. The number of esters is 1. The number of amides is 2. The fourth-order valence-corrected chi connectivity index (χ4v) is 5.73. The number of allylic oxidation sites excluding steroid dienone is 3. The summed E-state index contributed by atoms with van der Waals surface area (Å²) >= 11 is 1.31. The van der Waals surface area contributed by atoms with Gasteiger partial charge in [0.1, 0.15) is 10.8 Å². The molecule has 1 unspecified atom stereocenters. The molecule has 0 aliphatic carbocycles. The molecule has 0 saturated carbocycles. The van der Waals surface area contributed by atoms with Gasteiger partial charge in [0, 0.05) is 37.3 Å². The van der Waals surface area contributed by atoms with Gasteiger partial charge in [-0.1, -0.05) is 72.0 Å². The van der Waals surface area contributed by atoms with Crippen molar-refractivity contribution in [2.45, 2.75) is 44.6 Å². The van der Waals surface area contributed by atoms with E-state index in [2.05, 4.69) is 36.6 Å². The third-order valence-corrected chi connectivity index (χ3v) is 8.30. The molecule has 0 bridgehead atoms. The van der Waals surface area contributed by atoms with Crippen LogP contribution in [0.25, 0.3) is 0 Å². The first kappa shape index (κ1) is 32.8. The molecule has 2 aliphatic rings. The number of unbranched alkanes of at least 4 members (excludes halogenated alkanes) is 1. The van der Waals surface area contributed by atoms with E-state index >= 15 is 0 Å². The van der Waals surface area contributed by atoms with E-state index in [9.17, 15) is 14.4 Å². The van der Waals surface area contributed by atoms with Crippen LogP contribution in [0.2, 0.25) is 0 Å². The molecule has 2 aliphatic heterocycles. The van der Waals surface area contributed by atoms with Crippen LogP contribution in [0, 0.1) is 0 Å². The molecule has 1 aromatic heterocycles. The zero-order valence-electron chi connectivity index (χ0n) is 25.6. The van der Waals surface area contributed by atoms with Gasteiger partial charge in [-0.3, -0.25) is 30.0 Å². The average Bonchev–Trinajstić information content (AvgIpc) is 3.53. The van der Waals surface area contributed by atoms with Crippen LogP contribution in [0.1, 0.15) is 47.9 Å². The number of nitrogens with one attached hydrogen (secondary N) is 4. The van der Waals surface area contributed by atoms with Crippen molar-refractivity contribution in [2.24, 2.45) is 0 Å². The molecule has 3 aromatic rings. The maximum atomic E-state index is 13.2. The Balaban J connectivity index is 1.04. The van der Waals surface area contributed by atoms with Gasteiger partial charge in [-0.25, -0.2) is 0 Å². The van der Waals surface area contributed by atoms with Crippen LogP contribution in [0.4, 0.5) is 5.13 Å². The van der Waals surface area contributed by atoms with Gasteiger partial charge < -0.3 is 20.2 Å². The van der Waals surface area contributed by atoms with Crippen molar-refractivity contribution in [3.05, 3.63) is 100 Å². The summed E-state index contributed by atoms with van der Waals surface area (Å²) in [5, 5.41) is 15.2. The molecule has 3 heterocycles. The lowest BCUT2D eigenvalue weighted by atomic mass is 10.1. The highest BCUT2D eigenvalue weighted by atomic mass is 32.1. The van der Waals surface area contributed by atoms with Crippen LogP contribution < -0.4 is 21.5 Å². The summed E-state index contributed by atoms with van der Waals surface area (Å²) in [6.07, 6.45) is 6.50. The Morgan fingerprint density at radius 1 is 0.913 bits per heavy atom. The van der Waals surface area contributed by atoms with E-state index in [0.29, 0.717) is 49.1 Å². The molecule has 1 atom stereocenters. The summed E-state index contributed by atoms with van der Waals surface area (Å²) < 4.78 is 11.0. The van der Waals surface area contributed by atoms with Crippen LogP contribution >= 0.6 is 11.3 Å². The zero-order valence-corrected chi connectivity index (χ0v) is 26.4. The minimum atomic E-state index is -1.10. The predicted octanol–water partition coefficient (Wildman–Crippen LogP) is 3.39. The molecule has 4 N–H and O–H groups in total. The van der Waals surface area contributed by atoms with Crippen LogP contribution in [-0.4, -0.2) is 65.7 Å². The summed E-state index contributed by atoms with van der Waals surface area (Å²) in [5.41, 5.74) is 8.72. The molecule has 1 saturated heterocycles. The van der Waals surface area contributed by atoms with Crippen molar-refractivity contribution in [1.29, 1.82) is 0 Å². The van der Waals surface area contributed by atoms with Gasteiger partial charge in [0.25, 0.3) is 5.91 Å². The average molecular weight is 646 g/mol. The second kappa shape index (κ2) is 17.2. The second-order valence-electron chi connectivity index (χ2n) is 10.9. The number of hydrazine groups is 1. The molecule has 46 heavy (non-hydrogen) atoms. The Morgan fingerprint density at radius 2 is 1.65 bits per heavy atom. The predicted molar refractivity (Wildman–Crippen MR) is 174 cm³/mol. The number of nitrogens with zero attached hydrogens (tertiary/aromatic N) is 3. The smallest absolute Gasteiger partial charge is 0.308 e. The third-order valence-electron chi connectivity index (χ3n) is 7.40. The molecule has 12 nitrogen and oxygen atoms in total. The second-order valence-corrected chi connectivity index (χ2v) is 12.0. The van der Waals surface area contributed by atoms with Crippen LogP contribution in [0.3, 0.4) is 0 Å². The van der Waals surface area contributed by atoms with Crippen LogP contribution in [0.15, 0.2) is 84.3 Å². The third kappa shape index (κ3) is 10.5. The van der Waals surface area contributed by atoms with E-state index in [1.165, 1.54) is 11.3 Å². The molecular formula is C33H39N7O5S. The lowest BCUT2D eigenvalue weighted by Gasteiger charge is -2.26. The van der Waals surface area contributed by atoms with Gasteiger partial charge >= 0.3 is 5.97 Å². The zero-order chi connectivity index (χ0) is 32.0. The molecule has 0 spiro atoms. The number of carbonyl (C=O) groups excluding carboxylic acids is 3. The van der Waals surface area contributed by atoms with Gasteiger partial charge in [-0.15, -0.1) is 10.2 Å². The Labute approximate surface area is 272 Å². The number of carbonyl (C=O) groups is 3. The van der Waals surface area contributed by atoms with Gasteiger partial charge in [0.15, 0.2) is 0 Å². The Morgan fingerprint density at radius 3 is 2.39 bits per heavy atom. The molecule has 2 aromatic carbocycles. The lowest BCUT2D eigenvalue weighted by molar-refractivity contribution is -0.155. The quantitative estimate of drug-likeness (QED) is 0.143. The maximum absolute atomic E-state index is 13.2. The van der Waals surface area contributed by atoms with E-state index in [1.54, 1.807) is 24.3 Å². The highest BCUT2D eigenvalue weighted by molar-refractivity contribution is 7.15. The first-order chi connectivity index (χ1) is 22.5. The van der Waals surface area contributed by atoms with Crippen molar-refractivity contribution in [3.8, 4) is 0 Å². The minimum Gasteiger partial charge on any atom is -0.447 e. The van der Waals surface area contributed by atoms with E-state index in [0.717, 1.165) is 48.6 Å². The van der Waals surface area contributed by atoms with E-state index < -0.39 is 18.0 Å². The fraction of sp³-hybridized carbons (Fsp3) is 0.364. The summed E-state index contributed by atoms with van der Waals surface area (Å²) in [7, 11) is 0. The topological polar surface area (TPSA) is 147 Å². The number of rotatable bonds is 15. The Hall–Kier alpha value is -4.59. The molecular weight excluding hydrogens is 606 g/mol. The summed E-state index contributed by atoms with van der Waals surface area (Å²) in [5.74, 6) is -0.400. The summed E-state index contributed by atoms with van der Waals surface area (Å²) in [6.45, 7) is 3.40. The van der Waals surface area contributed by atoms with Gasteiger partial charge in [-0.05, 0) is 37.0 Å². The highest BCUT2D eigenvalue weighted by Gasteiger charge is 2.26. The maximum Gasteiger partial charge on any atom is 0.308 e. The van der Waals surface area contributed by atoms with Crippen molar-refractivity contribution in [1.82, 2.24) is 31.3 Å². The molecule has 1 fully saturated rings. The fourth-order valence-electron chi connectivity index (χ4n) is 4.94. The molecule has 0 radical (unpaired) electrons. The Kier molecular flexibility index (Phi) is 12.3. The number of morpholine rings is 1. The van der Waals surface area contributed by atoms with Gasteiger partial charge in [0.05, 0.1) is 26.1 Å². The summed E-state index contributed by atoms with van der Waals surface area (Å²) in [6, 6.07) is 18.6. The van der Waals surface area contributed by atoms with E-state index in [1.807, 2.05) is 48.6 Å². The highest BCUT2D eigenvalue weighted by Crippen LogP contribution is 2.23. The number of anilines is 1. The van der Waals surface area contributed by atoms with Crippen LogP contribution in [-0.2, 0) is 36.7 Å². The van der Waals surface area contributed by atoms with Crippen molar-refractivity contribution >= 4 is 34.3 Å². The van der Waals surface area contributed by atoms with Crippen LogP contribution in [0.5, 0.6) is 0 Å². The molecule has 242 valence electrons. The normalized spacial score (nSPS) is 15.4. The SMILES string of the molecule is O=C(Cc1ccccc1)NC1=CC=C(CCCCc2nnc(NC(=O)C(OC(=O)CCN3CCOCC3)c3ccccc3)s2)NN1. The standard InChI is InChI=1S/C33H39N7O5S/c41-28(23-24-9-3-1-4-10-24)34-27-16-15-26(36-37-27)13-7-8-14-29-38-39-33(46-29)35-32(43)31(25-11-5-2-6-12-25)45-30(42)17-18-40-19-21-44-22-20-40/h1-6,9-12,15-16,31,36-37H,7-8,13-14,17-23H2,(H,34,41)(H,35,39,43). The van der Waals surface area contributed by atoms with Crippen molar-refractivity contribution in [3.63, 3.8) is 0 Å². The van der Waals surface area contributed by atoms with E-state index in [-0.39, 0.29) is 12.3 Å². The first-order valence-corrected chi connectivity index (χ1v) is 16.3. The number of benzene rings is 2. The van der Waals surface area contributed by atoms with Gasteiger partial charge in [-0.2, -0.15) is 0 Å². The van der Waals surface area contributed by atoms with Crippen molar-refractivity contribution < 1.29 is 23.9 Å². The Bertz CT molecular complexity index is 1510. The number of aromatic nitrogens is 2. The van der Waals surface area contributed by atoms with E-state index in [4.69, 9.17) is 9.47 Å². The number of ether oxygens (including phenoxy) is 2. The minimum absolute atomic E-state index is 0.0905. The van der Waals surface area contributed by atoms with Crippen molar-refractivity contribution in [2.75, 3.05) is 38.2 Å². The molecule has 5 rings (SSSR count). The number of hydrogen-bond donors (Lipinski definition) is 4. The molecule has 13 heteroatoms.